The van der Waals surface area contributed by atoms with Crippen molar-refractivity contribution in [3.05, 3.63) is 11.8 Å². The van der Waals surface area contributed by atoms with Crippen molar-refractivity contribution in [1.29, 1.82) is 0 Å². The van der Waals surface area contributed by atoms with E-state index in [4.69, 9.17) is 0 Å². The molecule has 2 N–H and O–H groups in total. The first-order valence-electron chi connectivity index (χ1n) is 4.73. The van der Waals surface area contributed by atoms with Crippen LogP contribution in [0.2, 0.25) is 0 Å². The molecule has 0 radical (unpaired) electrons. The molecule has 1 unspecified atom stereocenters. The zero-order chi connectivity index (χ0) is 9.26. The maximum atomic E-state index is 4.27. The Bertz CT molecular complexity index is 288. The minimum absolute atomic E-state index is 0.648. The molecule has 1 aliphatic heterocycles. The summed E-state index contributed by atoms with van der Waals surface area (Å²) in [6, 6.07) is 2.72. The topological polar surface area (TPSA) is 41.9 Å². The van der Waals surface area contributed by atoms with Crippen LogP contribution in [0.25, 0.3) is 0 Å². The molecule has 0 bridgehead atoms. The van der Waals surface area contributed by atoms with E-state index in [0.717, 1.165) is 24.6 Å². The smallest absolute Gasteiger partial charge is 0.124 e. The SMILES string of the molecule is Cc1cc(NCC2CCN2)n(C)n1. The van der Waals surface area contributed by atoms with Crippen molar-refractivity contribution >= 4 is 5.82 Å². The van der Waals surface area contributed by atoms with Gasteiger partial charge in [0.15, 0.2) is 0 Å². The highest BCUT2D eigenvalue weighted by Crippen LogP contribution is 2.09. The number of anilines is 1. The van der Waals surface area contributed by atoms with Crippen molar-refractivity contribution in [1.82, 2.24) is 15.1 Å². The molecule has 2 rings (SSSR count). The highest BCUT2D eigenvalue weighted by atomic mass is 15.3. The average molecular weight is 180 g/mol. The van der Waals surface area contributed by atoms with Gasteiger partial charge in [0.05, 0.1) is 5.69 Å². The molecular weight excluding hydrogens is 164 g/mol. The number of aromatic nitrogens is 2. The summed E-state index contributed by atoms with van der Waals surface area (Å²) in [5.74, 6) is 1.10. The first-order chi connectivity index (χ1) is 6.25. The fourth-order valence-electron chi connectivity index (χ4n) is 1.53. The minimum Gasteiger partial charge on any atom is -0.369 e. The van der Waals surface area contributed by atoms with Gasteiger partial charge in [0, 0.05) is 25.7 Å². The summed E-state index contributed by atoms with van der Waals surface area (Å²) in [7, 11) is 1.96. The van der Waals surface area contributed by atoms with E-state index in [9.17, 15) is 0 Å². The third-order valence-corrected chi connectivity index (χ3v) is 2.46. The summed E-state index contributed by atoms with van der Waals surface area (Å²) in [6.45, 7) is 4.17. The molecule has 13 heavy (non-hydrogen) atoms. The van der Waals surface area contributed by atoms with Gasteiger partial charge in [-0.15, -0.1) is 0 Å². The first kappa shape index (κ1) is 8.56. The van der Waals surface area contributed by atoms with Crippen molar-refractivity contribution in [2.45, 2.75) is 19.4 Å². The molecule has 4 nitrogen and oxygen atoms in total. The van der Waals surface area contributed by atoms with Gasteiger partial charge < -0.3 is 10.6 Å². The summed E-state index contributed by atoms with van der Waals surface area (Å²) >= 11 is 0. The van der Waals surface area contributed by atoms with Gasteiger partial charge in [-0.3, -0.25) is 4.68 Å². The van der Waals surface area contributed by atoms with Gasteiger partial charge in [0.2, 0.25) is 0 Å². The van der Waals surface area contributed by atoms with Crippen LogP contribution in [0.1, 0.15) is 12.1 Å². The molecule has 1 aliphatic rings. The van der Waals surface area contributed by atoms with E-state index in [1.54, 1.807) is 0 Å². The predicted octanol–water partition coefficient (Wildman–Crippen LogP) is 0.502. The standard InChI is InChI=1S/C9H16N4/c1-7-5-9(13(2)12-7)11-6-8-3-4-10-8/h5,8,10-11H,3-4,6H2,1-2H3. The van der Waals surface area contributed by atoms with E-state index in [1.807, 2.05) is 18.7 Å². The lowest BCUT2D eigenvalue weighted by Gasteiger charge is -2.27. The first-order valence-corrected chi connectivity index (χ1v) is 4.73. The van der Waals surface area contributed by atoms with Crippen LogP contribution in [0.3, 0.4) is 0 Å². The van der Waals surface area contributed by atoms with E-state index < -0.39 is 0 Å². The minimum atomic E-state index is 0.648. The molecule has 1 aromatic rings. The number of rotatable bonds is 3. The number of aryl methyl sites for hydroxylation is 2. The Morgan fingerprint density at radius 3 is 3.00 bits per heavy atom. The second-order valence-electron chi connectivity index (χ2n) is 3.62. The third-order valence-electron chi connectivity index (χ3n) is 2.46. The molecule has 0 aromatic carbocycles. The lowest BCUT2D eigenvalue weighted by molar-refractivity contribution is 0.386. The summed E-state index contributed by atoms with van der Waals surface area (Å²) < 4.78 is 1.88. The predicted molar refractivity (Wildman–Crippen MR) is 52.8 cm³/mol. The number of nitrogens with zero attached hydrogens (tertiary/aromatic N) is 2. The monoisotopic (exact) mass is 180 g/mol. The van der Waals surface area contributed by atoms with Crippen LogP contribution < -0.4 is 10.6 Å². The van der Waals surface area contributed by atoms with Gasteiger partial charge in [-0.1, -0.05) is 0 Å². The second-order valence-corrected chi connectivity index (χ2v) is 3.62. The maximum Gasteiger partial charge on any atom is 0.124 e. The Labute approximate surface area is 78.3 Å². The second kappa shape index (κ2) is 3.38. The van der Waals surface area contributed by atoms with Crippen molar-refractivity contribution in [3.63, 3.8) is 0 Å². The van der Waals surface area contributed by atoms with Crippen molar-refractivity contribution in [2.75, 3.05) is 18.4 Å². The molecule has 4 heteroatoms. The summed E-state index contributed by atoms with van der Waals surface area (Å²) in [5.41, 5.74) is 1.06. The number of hydrogen-bond donors (Lipinski definition) is 2. The lowest BCUT2D eigenvalue weighted by atomic mass is 10.1. The van der Waals surface area contributed by atoms with Crippen LogP contribution in [0, 0.1) is 6.92 Å². The Balaban J connectivity index is 1.89. The van der Waals surface area contributed by atoms with Crippen LogP contribution in [-0.4, -0.2) is 28.9 Å². The van der Waals surface area contributed by atoms with Crippen molar-refractivity contribution < 1.29 is 0 Å². The van der Waals surface area contributed by atoms with E-state index >= 15 is 0 Å². The van der Waals surface area contributed by atoms with Gasteiger partial charge >= 0.3 is 0 Å². The Morgan fingerprint density at radius 1 is 1.77 bits per heavy atom. The summed E-state index contributed by atoms with van der Waals surface area (Å²) in [6.07, 6.45) is 1.28. The van der Waals surface area contributed by atoms with Gasteiger partial charge in [0.1, 0.15) is 5.82 Å². The van der Waals surface area contributed by atoms with Gasteiger partial charge in [-0.2, -0.15) is 5.10 Å². The molecule has 0 spiro atoms. The van der Waals surface area contributed by atoms with Gasteiger partial charge in [0.25, 0.3) is 0 Å². The molecule has 1 aromatic heterocycles. The Morgan fingerprint density at radius 2 is 2.54 bits per heavy atom. The summed E-state index contributed by atoms with van der Waals surface area (Å²) in [5, 5.41) is 11.0. The fourth-order valence-corrected chi connectivity index (χ4v) is 1.53. The van der Waals surface area contributed by atoms with Gasteiger partial charge in [-0.05, 0) is 19.9 Å². The van der Waals surface area contributed by atoms with Crippen LogP contribution in [0.4, 0.5) is 5.82 Å². The quantitative estimate of drug-likeness (QED) is 0.712. The normalized spacial score (nSPS) is 21.2. The molecule has 2 heterocycles. The fraction of sp³-hybridized carbons (Fsp3) is 0.667. The maximum absolute atomic E-state index is 4.27. The van der Waals surface area contributed by atoms with E-state index in [1.165, 1.54) is 6.42 Å². The van der Waals surface area contributed by atoms with Crippen LogP contribution in [0.5, 0.6) is 0 Å². The molecule has 0 amide bonds. The third kappa shape index (κ3) is 1.83. The van der Waals surface area contributed by atoms with Crippen LogP contribution in [-0.2, 0) is 7.05 Å². The molecule has 1 atom stereocenters. The molecule has 1 fully saturated rings. The molecular formula is C9H16N4. The van der Waals surface area contributed by atoms with E-state index in [0.29, 0.717) is 6.04 Å². The van der Waals surface area contributed by atoms with Crippen molar-refractivity contribution in [2.24, 2.45) is 7.05 Å². The van der Waals surface area contributed by atoms with Crippen LogP contribution in [0.15, 0.2) is 6.07 Å². The molecule has 72 valence electrons. The highest BCUT2D eigenvalue weighted by molar-refractivity contribution is 5.36. The van der Waals surface area contributed by atoms with Crippen molar-refractivity contribution in [3.8, 4) is 0 Å². The molecule has 0 aliphatic carbocycles. The largest absolute Gasteiger partial charge is 0.369 e. The summed E-state index contributed by atoms with van der Waals surface area (Å²) in [4.78, 5) is 0. The van der Waals surface area contributed by atoms with Gasteiger partial charge in [-0.25, -0.2) is 0 Å². The van der Waals surface area contributed by atoms with E-state index in [2.05, 4.69) is 21.8 Å². The molecule has 1 saturated heterocycles. The Kier molecular flexibility index (Phi) is 2.22. The number of nitrogens with one attached hydrogen (secondary N) is 2. The number of hydrogen-bond acceptors (Lipinski definition) is 3. The zero-order valence-corrected chi connectivity index (χ0v) is 8.17. The lowest BCUT2D eigenvalue weighted by Crippen LogP contribution is -2.47. The van der Waals surface area contributed by atoms with Crippen LogP contribution >= 0.6 is 0 Å². The van der Waals surface area contributed by atoms with E-state index in [-0.39, 0.29) is 0 Å². The Hall–Kier alpha value is -1.03. The molecule has 0 saturated carbocycles. The highest BCUT2D eigenvalue weighted by Gasteiger charge is 2.15. The zero-order valence-electron chi connectivity index (χ0n) is 8.17. The average Bonchev–Trinajstić information content (AvgIpc) is 2.27.